The summed E-state index contributed by atoms with van der Waals surface area (Å²) >= 11 is 1.74. The number of aryl methyl sites for hydroxylation is 2. The molecule has 8 rings (SSSR count). The van der Waals surface area contributed by atoms with Gasteiger partial charge in [0.25, 0.3) is 0 Å². The van der Waals surface area contributed by atoms with Crippen LogP contribution in [0.4, 0.5) is 0 Å². The number of hydrogen-bond donors (Lipinski definition) is 0. The first-order valence-corrected chi connectivity index (χ1v) is 28.4. The molecule has 0 saturated heterocycles. The van der Waals surface area contributed by atoms with Crippen molar-refractivity contribution in [1.29, 1.82) is 0 Å². The number of hydrogen-bond acceptors (Lipinski definition) is 0. The van der Waals surface area contributed by atoms with Crippen molar-refractivity contribution in [2.75, 3.05) is 0 Å². The third kappa shape index (κ3) is 12.4. The SMILES string of the molecule is CCc1ccc(-c2cccc3[cH-]c(CC4(CC)CCCCC4)cc23)cc1.CCc1ccc(-c2cccc3[cH-]c(CC4(CC)CCCCC4)cc23)cc1.C[Si](C)=[Zr+2].[Cl-].[Cl-]. The van der Waals surface area contributed by atoms with E-state index in [9.17, 15) is 0 Å². The molecule has 6 aromatic rings. The minimum atomic E-state index is 0. The van der Waals surface area contributed by atoms with E-state index in [-0.39, 0.29) is 30.2 Å². The molecule has 2 aliphatic carbocycles. The van der Waals surface area contributed by atoms with Gasteiger partial charge in [0.1, 0.15) is 0 Å². The van der Waals surface area contributed by atoms with Crippen molar-refractivity contribution in [3.63, 3.8) is 0 Å². The standard InChI is InChI=1S/2C26H31.C2H6Si.2ClH.Zr/c2*1-3-20-11-13-22(14-12-20)24-10-8-9-23-17-21(18-25(23)24)19-26(4-2)15-6-5-7-16-26;1-3-2;;;/h2*8-14,17-18H,3-7,15-16,19H2,1-2H3;1-2H3;2*1H;/q2*-1;;;;+2/p-2. The summed E-state index contributed by atoms with van der Waals surface area (Å²) < 4.78 is 0. The number of rotatable bonds is 10. The van der Waals surface area contributed by atoms with Crippen molar-refractivity contribution < 1.29 is 48.1 Å². The van der Waals surface area contributed by atoms with Gasteiger partial charge in [-0.1, -0.05) is 151 Å². The molecule has 0 heterocycles. The number of halogens is 2. The fraction of sp³-hybridized carbons (Fsp3) is 0.444. The van der Waals surface area contributed by atoms with E-state index >= 15 is 0 Å². The summed E-state index contributed by atoms with van der Waals surface area (Å²) in [5.41, 5.74) is 12.6. The van der Waals surface area contributed by atoms with Crippen LogP contribution in [0.5, 0.6) is 0 Å². The van der Waals surface area contributed by atoms with Gasteiger partial charge < -0.3 is 24.8 Å². The topological polar surface area (TPSA) is 0 Å². The second-order valence-electron chi connectivity index (χ2n) is 17.6. The molecule has 2 aliphatic rings. The van der Waals surface area contributed by atoms with Crippen molar-refractivity contribution >= 4 is 27.0 Å². The zero-order valence-corrected chi connectivity index (χ0v) is 41.4. The third-order valence-electron chi connectivity index (χ3n) is 13.5. The van der Waals surface area contributed by atoms with Gasteiger partial charge in [0, 0.05) is 0 Å². The summed E-state index contributed by atoms with van der Waals surface area (Å²) in [6.45, 7) is 13.8. The maximum atomic E-state index is 2.48. The van der Waals surface area contributed by atoms with Crippen LogP contribution in [0.25, 0.3) is 43.8 Å². The van der Waals surface area contributed by atoms with E-state index in [1.54, 1.807) is 34.5 Å². The Labute approximate surface area is 380 Å². The van der Waals surface area contributed by atoms with Crippen molar-refractivity contribution in [3.05, 3.63) is 131 Å². The average molecular weight is 907 g/mol. The first-order chi connectivity index (χ1) is 27.2. The van der Waals surface area contributed by atoms with Crippen LogP contribution in [0, 0.1) is 10.8 Å². The zero-order valence-electron chi connectivity index (χ0n) is 36.5. The Hall–Kier alpha value is -2.22. The maximum Gasteiger partial charge on any atom is -1.00 e. The Morgan fingerprint density at radius 3 is 1.17 bits per heavy atom. The Morgan fingerprint density at radius 1 is 0.517 bits per heavy atom. The van der Waals surface area contributed by atoms with Gasteiger partial charge in [0.2, 0.25) is 0 Å². The van der Waals surface area contributed by atoms with Crippen LogP contribution in [-0.2, 0) is 49.0 Å². The molecule has 0 atom stereocenters. The second kappa shape index (κ2) is 23.1. The first kappa shape index (κ1) is 48.4. The molecular weight excluding hydrogens is 839 g/mol. The Bertz CT molecular complexity index is 1990. The molecule has 0 aromatic heterocycles. The van der Waals surface area contributed by atoms with Crippen LogP contribution in [0.3, 0.4) is 0 Å². The van der Waals surface area contributed by atoms with Crippen LogP contribution >= 0.6 is 0 Å². The summed E-state index contributed by atoms with van der Waals surface area (Å²) in [6.07, 6.45) is 21.6. The smallest absolute Gasteiger partial charge is 1.00 e. The van der Waals surface area contributed by atoms with Crippen LogP contribution in [0.1, 0.15) is 127 Å². The summed E-state index contributed by atoms with van der Waals surface area (Å²) in [5, 5.41) is 5.65. The Kier molecular flexibility index (Phi) is 19.3. The summed E-state index contributed by atoms with van der Waals surface area (Å²) in [7, 11) is 0. The van der Waals surface area contributed by atoms with E-state index in [0.29, 0.717) is 10.8 Å². The van der Waals surface area contributed by atoms with Gasteiger partial charge >= 0.3 is 41.9 Å². The van der Waals surface area contributed by atoms with Crippen molar-refractivity contribution in [2.45, 2.75) is 144 Å². The molecule has 0 amide bonds. The number of fused-ring (bicyclic) bond motifs is 2. The molecular formula is C54H68Cl2SiZr-2. The predicted octanol–water partition coefficient (Wildman–Crippen LogP) is 10.2. The van der Waals surface area contributed by atoms with Gasteiger partial charge in [0.15, 0.2) is 0 Å². The molecule has 0 aliphatic heterocycles. The van der Waals surface area contributed by atoms with E-state index < -0.39 is 0 Å². The molecule has 0 spiro atoms. The van der Waals surface area contributed by atoms with Gasteiger partial charge in [-0.3, -0.25) is 0 Å². The average Bonchev–Trinajstić information content (AvgIpc) is 3.84. The van der Waals surface area contributed by atoms with Crippen LogP contribution in [-0.4, -0.2) is 5.43 Å². The summed E-state index contributed by atoms with van der Waals surface area (Å²) in [4.78, 5) is 0. The zero-order chi connectivity index (χ0) is 39.5. The molecule has 0 N–H and O–H groups in total. The molecule has 0 unspecified atom stereocenters. The second-order valence-corrected chi connectivity index (χ2v) is 27.0. The molecule has 0 radical (unpaired) electrons. The van der Waals surface area contributed by atoms with E-state index in [1.165, 1.54) is 145 Å². The van der Waals surface area contributed by atoms with Crippen molar-refractivity contribution in [3.8, 4) is 22.3 Å². The van der Waals surface area contributed by atoms with Gasteiger partial charge in [0.05, 0.1) is 0 Å². The number of benzene rings is 4. The third-order valence-corrected chi connectivity index (χ3v) is 13.5. The minimum Gasteiger partial charge on any atom is -1.00 e. The minimum absolute atomic E-state index is 0. The van der Waals surface area contributed by atoms with Crippen LogP contribution < -0.4 is 24.8 Å². The van der Waals surface area contributed by atoms with E-state index in [2.05, 4.69) is 150 Å². The van der Waals surface area contributed by atoms with E-state index in [1.807, 2.05) is 0 Å². The fourth-order valence-corrected chi connectivity index (χ4v) is 9.92. The molecule has 4 heteroatoms. The van der Waals surface area contributed by atoms with Gasteiger partial charge in [-0.2, -0.15) is 12.1 Å². The molecule has 0 nitrogen and oxygen atoms in total. The van der Waals surface area contributed by atoms with Crippen LogP contribution in [0.2, 0.25) is 13.1 Å². The van der Waals surface area contributed by atoms with Gasteiger partial charge in [-0.05, 0) is 84.5 Å². The molecule has 308 valence electrons. The molecule has 58 heavy (non-hydrogen) atoms. The van der Waals surface area contributed by atoms with Crippen molar-refractivity contribution in [1.82, 2.24) is 0 Å². The first-order valence-electron chi connectivity index (χ1n) is 22.3. The summed E-state index contributed by atoms with van der Waals surface area (Å²) in [5.74, 6) is 0. The molecule has 2 fully saturated rings. The molecule has 2 saturated carbocycles. The largest absolute Gasteiger partial charge is 1.00 e. The van der Waals surface area contributed by atoms with Gasteiger partial charge in [-0.15, -0.1) is 69.1 Å². The van der Waals surface area contributed by atoms with Crippen molar-refractivity contribution in [2.24, 2.45) is 10.8 Å². The fourth-order valence-electron chi connectivity index (χ4n) is 9.92. The molecule has 0 bridgehead atoms. The van der Waals surface area contributed by atoms with E-state index in [0.717, 1.165) is 12.8 Å². The quantitative estimate of drug-likeness (QED) is 0.0949. The Balaban J connectivity index is 0.000000228. The summed E-state index contributed by atoms with van der Waals surface area (Å²) in [6, 6.07) is 41.6. The van der Waals surface area contributed by atoms with E-state index in [4.69, 9.17) is 0 Å². The van der Waals surface area contributed by atoms with Gasteiger partial charge in [-0.25, -0.2) is 0 Å². The Morgan fingerprint density at radius 2 is 0.862 bits per heavy atom. The monoisotopic (exact) mass is 904 g/mol. The van der Waals surface area contributed by atoms with Crippen LogP contribution in [0.15, 0.2) is 109 Å². The normalized spacial score (nSPS) is 15.6. The maximum absolute atomic E-state index is 2.48. The predicted molar refractivity (Wildman–Crippen MR) is 245 cm³/mol. The molecule has 6 aromatic carbocycles.